The molecule has 1 N–H and O–H groups in total. The molecule has 0 aliphatic rings. The average Bonchev–Trinajstić information content (AvgIpc) is 2.42. The minimum atomic E-state index is -4.07. The number of halogens is 2. The Morgan fingerprint density at radius 2 is 1.95 bits per heavy atom. The molecule has 0 radical (unpaired) electrons. The number of benzene rings is 2. The summed E-state index contributed by atoms with van der Waals surface area (Å²) in [5.41, 5.74) is -0.245. The summed E-state index contributed by atoms with van der Waals surface area (Å²) in [5, 5.41) is 10.6. The molecule has 0 fully saturated rings. The van der Waals surface area contributed by atoms with Crippen molar-refractivity contribution < 1.29 is 17.7 Å². The van der Waals surface area contributed by atoms with Gasteiger partial charge in [0.1, 0.15) is 5.82 Å². The van der Waals surface area contributed by atoms with Crippen LogP contribution in [-0.2, 0) is 10.0 Å². The van der Waals surface area contributed by atoms with E-state index in [-0.39, 0.29) is 26.9 Å². The van der Waals surface area contributed by atoms with E-state index in [9.17, 15) is 22.9 Å². The van der Waals surface area contributed by atoms with Gasteiger partial charge in [-0.05, 0) is 31.2 Å². The van der Waals surface area contributed by atoms with Crippen LogP contribution in [0.5, 0.6) is 0 Å². The molecule has 0 aliphatic carbocycles. The molecule has 0 bridgehead atoms. The SMILES string of the molecule is Cc1c([N+](=O)[O-])cccc1S(=O)(=O)Nc1ccc(F)c(Cl)c1. The van der Waals surface area contributed by atoms with Crippen molar-refractivity contribution in [2.24, 2.45) is 0 Å². The Hall–Kier alpha value is -2.19. The first kappa shape index (κ1) is 16.2. The topological polar surface area (TPSA) is 89.3 Å². The smallest absolute Gasteiger partial charge is 0.273 e. The van der Waals surface area contributed by atoms with Gasteiger partial charge in [-0.25, -0.2) is 12.8 Å². The van der Waals surface area contributed by atoms with Crippen LogP contribution in [0.4, 0.5) is 15.8 Å². The van der Waals surface area contributed by atoms with E-state index in [1.807, 2.05) is 0 Å². The maximum atomic E-state index is 13.1. The Labute approximate surface area is 130 Å². The van der Waals surface area contributed by atoms with Crippen LogP contribution in [0, 0.1) is 22.9 Å². The zero-order valence-electron chi connectivity index (χ0n) is 11.2. The predicted molar refractivity (Wildman–Crippen MR) is 80.1 cm³/mol. The standard InChI is InChI=1S/C13H10ClFN2O4S/c1-8-12(17(18)19)3-2-4-13(8)22(20,21)16-9-5-6-11(15)10(14)7-9/h2-7,16H,1H3. The Morgan fingerprint density at radius 1 is 1.27 bits per heavy atom. The number of hydrogen-bond acceptors (Lipinski definition) is 4. The average molecular weight is 345 g/mol. The number of hydrogen-bond donors (Lipinski definition) is 1. The highest BCUT2D eigenvalue weighted by molar-refractivity contribution is 7.92. The number of rotatable bonds is 4. The van der Waals surface area contributed by atoms with Crippen LogP contribution < -0.4 is 4.72 Å². The molecule has 2 aromatic carbocycles. The van der Waals surface area contributed by atoms with Crippen molar-refractivity contribution in [3.8, 4) is 0 Å². The molecule has 0 saturated carbocycles. The minimum absolute atomic E-state index is 0.00760. The van der Waals surface area contributed by atoms with Gasteiger partial charge in [-0.15, -0.1) is 0 Å². The molecule has 0 unspecified atom stereocenters. The van der Waals surface area contributed by atoms with Crippen molar-refractivity contribution in [1.29, 1.82) is 0 Å². The number of nitrogens with zero attached hydrogens (tertiary/aromatic N) is 1. The molecule has 2 rings (SSSR count). The number of nitrogens with one attached hydrogen (secondary N) is 1. The number of nitro benzene ring substituents is 1. The Balaban J connectivity index is 2.45. The van der Waals surface area contributed by atoms with Gasteiger partial charge in [0.25, 0.3) is 15.7 Å². The summed E-state index contributed by atoms with van der Waals surface area (Å²) in [5.74, 6) is -0.684. The second kappa shape index (κ2) is 5.90. The highest BCUT2D eigenvalue weighted by atomic mass is 35.5. The first-order valence-electron chi connectivity index (χ1n) is 5.94. The van der Waals surface area contributed by atoms with Gasteiger partial charge in [0.05, 0.1) is 20.5 Å². The molecule has 0 aromatic heterocycles. The zero-order chi connectivity index (χ0) is 16.5. The summed E-state index contributed by atoms with van der Waals surface area (Å²) < 4.78 is 39.9. The van der Waals surface area contributed by atoms with Crippen LogP contribution in [0.25, 0.3) is 0 Å². The number of sulfonamides is 1. The Bertz CT molecular complexity index is 855. The second-order valence-electron chi connectivity index (χ2n) is 4.39. The fourth-order valence-corrected chi connectivity index (χ4v) is 3.35. The van der Waals surface area contributed by atoms with Crippen molar-refractivity contribution in [3.05, 3.63) is 62.9 Å². The lowest BCUT2D eigenvalue weighted by atomic mass is 10.2. The lowest BCUT2D eigenvalue weighted by Gasteiger charge is -2.10. The summed E-state index contributed by atoms with van der Waals surface area (Å²) in [4.78, 5) is 9.97. The van der Waals surface area contributed by atoms with Crippen LogP contribution in [0.15, 0.2) is 41.3 Å². The van der Waals surface area contributed by atoms with Crippen molar-refractivity contribution in [1.82, 2.24) is 0 Å². The first-order valence-corrected chi connectivity index (χ1v) is 7.80. The summed E-state index contributed by atoms with van der Waals surface area (Å²) >= 11 is 5.59. The number of nitro groups is 1. The maximum Gasteiger partial charge on any atom is 0.273 e. The molecule has 116 valence electrons. The Kier molecular flexibility index (Phi) is 4.34. The maximum absolute atomic E-state index is 13.1. The Morgan fingerprint density at radius 3 is 2.55 bits per heavy atom. The van der Waals surface area contributed by atoms with Crippen LogP contribution in [-0.4, -0.2) is 13.3 Å². The van der Waals surface area contributed by atoms with E-state index in [1.165, 1.54) is 31.2 Å². The van der Waals surface area contributed by atoms with Gasteiger partial charge in [0.2, 0.25) is 0 Å². The summed E-state index contributed by atoms with van der Waals surface area (Å²) in [6, 6.07) is 7.06. The largest absolute Gasteiger partial charge is 0.280 e. The third kappa shape index (κ3) is 3.18. The molecule has 9 heteroatoms. The van der Waals surface area contributed by atoms with E-state index in [0.29, 0.717) is 0 Å². The summed E-state index contributed by atoms with van der Waals surface area (Å²) in [6.45, 7) is 1.34. The van der Waals surface area contributed by atoms with Gasteiger partial charge in [-0.2, -0.15) is 0 Å². The zero-order valence-corrected chi connectivity index (χ0v) is 12.8. The van der Waals surface area contributed by atoms with E-state index in [4.69, 9.17) is 11.6 Å². The molecular weight excluding hydrogens is 335 g/mol. The molecule has 0 amide bonds. The number of anilines is 1. The van der Waals surface area contributed by atoms with Crippen LogP contribution in [0.2, 0.25) is 5.02 Å². The van der Waals surface area contributed by atoms with E-state index in [2.05, 4.69) is 4.72 Å². The minimum Gasteiger partial charge on any atom is -0.280 e. The van der Waals surface area contributed by atoms with E-state index < -0.39 is 20.8 Å². The van der Waals surface area contributed by atoms with Crippen LogP contribution in [0.1, 0.15) is 5.56 Å². The predicted octanol–water partition coefficient (Wildman–Crippen LogP) is 3.50. The molecule has 2 aromatic rings. The first-order chi connectivity index (χ1) is 10.2. The molecule has 0 atom stereocenters. The molecule has 0 aliphatic heterocycles. The van der Waals surface area contributed by atoms with E-state index >= 15 is 0 Å². The van der Waals surface area contributed by atoms with Crippen molar-refractivity contribution in [2.45, 2.75) is 11.8 Å². The summed E-state index contributed by atoms with van der Waals surface area (Å²) in [6.07, 6.45) is 0. The molecular formula is C13H10ClFN2O4S. The van der Waals surface area contributed by atoms with Crippen molar-refractivity contribution >= 4 is 33.0 Å². The quantitative estimate of drug-likeness (QED) is 0.679. The highest BCUT2D eigenvalue weighted by Crippen LogP contribution is 2.27. The summed E-state index contributed by atoms with van der Waals surface area (Å²) in [7, 11) is -4.07. The molecule has 22 heavy (non-hydrogen) atoms. The molecule has 0 saturated heterocycles. The third-order valence-electron chi connectivity index (χ3n) is 2.91. The second-order valence-corrected chi connectivity index (χ2v) is 6.45. The van der Waals surface area contributed by atoms with Gasteiger partial charge in [0, 0.05) is 11.6 Å². The van der Waals surface area contributed by atoms with Gasteiger partial charge in [-0.3, -0.25) is 14.8 Å². The fourth-order valence-electron chi connectivity index (χ4n) is 1.86. The fraction of sp³-hybridized carbons (Fsp3) is 0.0769. The lowest BCUT2D eigenvalue weighted by Crippen LogP contribution is -2.15. The van der Waals surface area contributed by atoms with Gasteiger partial charge in [-0.1, -0.05) is 17.7 Å². The van der Waals surface area contributed by atoms with Gasteiger partial charge in [0.15, 0.2) is 0 Å². The molecule has 0 heterocycles. The van der Waals surface area contributed by atoms with Gasteiger partial charge < -0.3 is 0 Å². The third-order valence-corrected chi connectivity index (χ3v) is 4.73. The van der Waals surface area contributed by atoms with Gasteiger partial charge >= 0.3 is 0 Å². The van der Waals surface area contributed by atoms with E-state index in [1.54, 1.807) is 0 Å². The normalized spacial score (nSPS) is 11.2. The van der Waals surface area contributed by atoms with Crippen molar-refractivity contribution in [3.63, 3.8) is 0 Å². The van der Waals surface area contributed by atoms with Crippen LogP contribution >= 0.6 is 11.6 Å². The highest BCUT2D eigenvalue weighted by Gasteiger charge is 2.23. The lowest BCUT2D eigenvalue weighted by molar-refractivity contribution is -0.385. The van der Waals surface area contributed by atoms with E-state index in [0.717, 1.165) is 12.1 Å². The molecule has 6 nitrogen and oxygen atoms in total. The van der Waals surface area contributed by atoms with Crippen LogP contribution in [0.3, 0.4) is 0 Å². The molecule has 0 spiro atoms. The monoisotopic (exact) mass is 344 g/mol. The van der Waals surface area contributed by atoms with Crippen molar-refractivity contribution in [2.75, 3.05) is 4.72 Å².